The number of aliphatic carboxylic acids is 1. The van der Waals surface area contributed by atoms with Crippen LogP contribution in [-0.4, -0.2) is 33.3 Å². The summed E-state index contributed by atoms with van der Waals surface area (Å²) in [6.07, 6.45) is 1.71. The van der Waals surface area contributed by atoms with Crippen molar-refractivity contribution in [1.82, 2.24) is 5.32 Å². The molecule has 0 aromatic heterocycles. The quantitative estimate of drug-likeness (QED) is 0.780. The van der Waals surface area contributed by atoms with Crippen LogP contribution in [0.4, 0.5) is 0 Å². The van der Waals surface area contributed by atoms with E-state index in [0.29, 0.717) is 12.3 Å². The fourth-order valence-electron chi connectivity index (χ4n) is 1.76. The number of benzene rings is 1. The molecule has 0 saturated carbocycles. The summed E-state index contributed by atoms with van der Waals surface area (Å²) in [7, 11) is -0.825. The van der Waals surface area contributed by atoms with E-state index in [1.165, 1.54) is 0 Å². The molecule has 0 aliphatic rings. The highest BCUT2D eigenvalue weighted by atomic mass is 32.2. The van der Waals surface area contributed by atoms with Gasteiger partial charge in [0.05, 0.1) is 6.42 Å². The molecule has 0 radical (unpaired) electrons. The van der Waals surface area contributed by atoms with Crippen molar-refractivity contribution >= 4 is 16.8 Å². The van der Waals surface area contributed by atoms with E-state index in [2.05, 4.69) is 5.32 Å². The van der Waals surface area contributed by atoms with Gasteiger partial charge >= 0.3 is 5.97 Å². The lowest BCUT2D eigenvalue weighted by Gasteiger charge is -2.14. The van der Waals surface area contributed by atoms with E-state index in [1.807, 2.05) is 31.2 Å². The summed E-state index contributed by atoms with van der Waals surface area (Å²) >= 11 is 0. The third-order valence-electron chi connectivity index (χ3n) is 2.59. The van der Waals surface area contributed by atoms with E-state index >= 15 is 0 Å². The van der Waals surface area contributed by atoms with Crippen molar-refractivity contribution < 1.29 is 14.1 Å². The van der Waals surface area contributed by atoms with Crippen LogP contribution < -0.4 is 5.32 Å². The number of hydrogen-bond acceptors (Lipinski definition) is 3. The smallest absolute Gasteiger partial charge is 0.307 e. The van der Waals surface area contributed by atoms with Gasteiger partial charge in [0.15, 0.2) is 0 Å². The normalized spacial score (nSPS) is 14.1. The Morgan fingerprint density at radius 2 is 2.00 bits per heavy atom. The number of carboxylic acids is 1. The van der Waals surface area contributed by atoms with Gasteiger partial charge in [-0.1, -0.05) is 24.3 Å². The molecule has 0 amide bonds. The van der Waals surface area contributed by atoms with Crippen LogP contribution in [0, 0.1) is 0 Å². The standard InChI is InChI=1S/C13H19NO3S/c1-10(9-18(2)17)14-8-12-6-4-3-5-11(12)7-13(15)16/h3-6,10,14H,7-9H2,1-2H3,(H,15,16). The lowest BCUT2D eigenvalue weighted by molar-refractivity contribution is -0.136. The Labute approximate surface area is 110 Å². The average molecular weight is 269 g/mol. The molecular formula is C13H19NO3S. The van der Waals surface area contributed by atoms with Crippen LogP contribution in [0.3, 0.4) is 0 Å². The molecule has 0 aliphatic heterocycles. The van der Waals surface area contributed by atoms with E-state index in [9.17, 15) is 9.00 Å². The minimum absolute atomic E-state index is 0.0337. The minimum Gasteiger partial charge on any atom is -0.481 e. The highest BCUT2D eigenvalue weighted by Crippen LogP contribution is 2.09. The predicted octanol–water partition coefficient (Wildman–Crippen LogP) is 1.17. The van der Waals surface area contributed by atoms with Crippen molar-refractivity contribution in [3.63, 3.8) is 0 Å². The van der Waals surface area contributed by atoms with Gasteiger partial charge in [-0.25, -0.2) is 0 Å². The van der Waals surface area contributed by atoms with Crippen LogP contribution in [-0.2, 0) is 28.6 Å². The van der Waals surface area contributed by atoms with Gasteiger partial charge in [0.1, 0.15) is 0 Å². The Morgan fingerprint density at radius 1 is 1.39 bits per heavy atom. The summed E-state index contributed by atoms with van der Waals surface area (Å²) < 4.78 is 11.1. The number of carbonyl (C=O) groups is 1. The van der Waals surface area contributed by atoms with Gasteiger partial charge in [0.25, 0.3) is 0 Å². The van der Waals surface area contributed by atoms with Gasteiger partial charge in [0.2, 0.25) is 0 Å². The van der Waals surface area contributed by atoms with Crippen LogP contribution in [0.5, 0.6) is 0 Å². The van der Waals surface area contributed by atoms with Gasteiger partial charge < -0.3 is 10.4 Å². The van der Waals surface area contributed by atoms with Gasteiger partial charge in [-0.15, -0.1) is 0 Å². The lowest BCUT2D eigenvalue weighted by Crippen LogP contribution is -2.30. The fraction of sp³-hybridized carbons (Fsp3) is 0.462. The van der Waals surface area contributed by atoms with Crippen LogP contribution in [0.15, 0.2) is 24.3 Å². The molecule has 5 heteroatoms. The third-order valence-corrected chi connectivity index (χ3v) is 3.56. The summed E-state index contributed by atoms with van der Waals surface area (Å²) in [5.41, 5.74) is 1.80. The molecule has 0 aliphatic carbocycles. The van der Waals surface area contributed by atoms with Crippen molar-refractivity contribution in [2.45, 2.75) is 25.9 Å². The number of rotatable bonds is 7. The highest BCUT2D eigenvalue weighted by Gasteiger charge is 2.08. The van der Waals surface area contributed by atoms with E-state index < -0.39 is 16.8 Å². The summed E-state index contributed by atoms with van der Waals surface area (Å²) in [5.74, 6) is -0.230. The molecule has 1 aromatic rings. The number of hydrogen-bond donors (Lipinski definition) is 2. The molecule has 1 rings (SSSR count). The van der Waals surface area contributed by atoms with Crippen molar-refractivity contribution in [3.05, 3.63) is 35.4 Å². The maximum atomic E-state index is 11.1. The zero-order chi connectivity index (χ0) is 13.5. The minimum atomic E-state index is -0.829. The van der Waals surface area contributed by atoms with Crippen LogP contribution in [0.1, 0.15) is 18.1 Å². The first-order valence-corrected chi connectivity index (χ1v) is 7.53. The first-order chi connectivity index (χ1) is 8.49. The Bertz CT molecular complexity index is 434. The second-order valence-corrected chi connectivity index (χ2v) is 5.84. The summed E-state index contributed by atoms with van der Waals surface area (Å²) in [6.45, 7) is 2.57. The molecule has 0 spiro atoms. The number of nitrogens with one attached hydrogen (secondary N) is 1. The maximum absolute atomic E-state index is 11.1. The average Bonchev–Trinajstić information content (AvgIpc) is 2.26. The second-order valence-electron chi connectivity index (χ2n) is 4.36. The Hall–Kier alpha value is -1.20. The molecule has 0 heterocycles. The zero-order valence-electron chi connectivity index (χ0n) is 10.7. The van der Waals surface area contributed by atoms with Crippen LogP contribution in [0.25, 0.3) is 0 Å². The monoisotopic (exact) mass is 269 g/mol. The molecule has 0 saturated heterocycles. The van der Waals surface area contributed by atoms with E-state index in [4.69, 9.17) is 5.11 Å². The molecule has 2 unspecified atom stereocenters. The largest absolute Gasteiger partial charge is 0.481 e. The summed E-state index contributed by atoms with van der Waals surface area (Å²) in [4.78, 5) is 10.7. The van der Waals surface area contributed by atoms with Gasteiger partial charge in [-0.2, -0.15) is 0 Å². The van der Waals surface area contributed by atoms with E-state index in [0.717, 1.165) is 11.1 Å². The molecule has 2 N–H and O–H groups in total. The Balaban J connectivity index is 2.61. The highest BCUT2D eigenvalue weighted by molar-refractivity contribution is 7.84. The lowest BCUT2D eigenvalue weighted by atomic mass is 10.0. The van der Waals surface area contributed by atoms with Gasteiger partial charge in [0, 0.05) is 35.4 Å². The van der Waals surface area contributed by atoms with Crippen molar-refractivity contribution in [2.24, 2.45) is 0 Å². The molecule has 18 heavy (non-hydrogen) atoms. The molecule has 2 atom stereocenters. The Kier molecular flexibility index (Phi) is 6.01. The van der Waals surface area contributed by atoms with Crippen molar-refractivity contribution in [1.29, 1.82) is 0 Å². The van der Waals surface area contributed by atoms with Gasteiger partial charge in [-0.05, 0) is 18.1 Å². The first kappa shape index (κ1) is 14.9. The van der Waals surface area contributed by atoms with Crippen molar-refractivity contribution in [3.8, 4) is 0 Å². The maximum Gasteiger partial charge on any atom is 0.307 e. The fourth-order valence-corrected chi connectivity index (χ4v) is 2.58. The topological polar surface area (TPSA) is 66.4 Å². The van der Waals surface area contributed by atoms with E-state index in [-0.39, 0.29) is 12.5 Å². The Morgan fingerprint density at radius 3 is 2.56 bits per heavy atom. The van der Waals surface area contributed by atoms with Crippen molar-refractivity contribution in [2.75, 3.05) is 12.0 Å². The zero-order valence-corrected chi connectivity index (χ0v) is 11.5. The van der Waals surface area contributed by atoms with E-state index in [1.54, 1.807) is 6.26 Å². The summed E-state index contributed by atoms with van der Waals surface area (Å²) in [5, 5.41) is 12.1. The first-order valence-electron chi connectivity index (χ1n) is 5.81. The van der Waals surface area contributed by atoms with Crippen LogP contribution in [0.2, 0.25) is 0 Å². The summed E-state index contributed by atoms with van der Waals surface area (Å²) in [6, 6.07) is 7.63. The predicted molar refractivity (Wildman–Crippen MR) is 73.0 cm³/mol. The molecule has 4 nitrogen and oxygen atoms in total. The number of carboxylic acid groups (broad SMARTS) is 1. The van der Waals surface area contributed by atoms with Crippen LogP contribution >= 0.6 is 0 Å². The molecule has 0 bridgehead atoms. The third kappa shape index (κ3) is 5.42. The molecule has 0 fully saturated rings. The second kappa shape index (κ2) is 7.28. The SMILES string of the molecule is CC(CS(C)=O)NCc1ccccc1CC(=O)O. The molecule has 100 valence electrons. The molecular weight excluding hydrogens is 250 g/mol. The van der Waals surface area contributed by atoms with Gasteiger partial charge in [-0.3, -0.25) is 9.00 Å². The molecule has 1 aromatic carbocycles.